The van der Waals surface area contributed by atoms with Crippen LogP contribution in [0.3, 0.4) is 0 Å². The molecule has 0 aliphatic rings. The van der Waals surface area contributed by atoms with E-state index in [-0.39, 0.29) is 29.6 Å². The van der Waals surface area contributed by atoms with Crippen LogP contribution >= 0.6 is 0 Å². The maximum atomic E-state index is 10.6. The van der Waals surface area contributed by atoms with Crippen LogP contribution in [-0.2, 0) is 4.79 Å². The molecule has 2 N–H and O–H groups in total. The number of halogens is 1. The van der Waals surface area contributed by atoms with Gasteiger partial charge in [-0.3, -0.25) is 4.79 Å². The Kier molecular flexibility index (Phi) is 8.68. The summed E-state index contributed by atoms with van der Waals surface area (Å²) in [4.78, 5) is 9.22. The molecule has 0 heterocycles. The van der Waals surface area contributed by atoms with Gasteiger partial charge in [0, 0.05) is 0 Å². The number of hydrogen-bond acceptors (Lipinski definition) is 1. The van der Waals surface area contributed by atoms with Crippen LogP contribution in [0.25, 0.3) is 0 Å². The topological polar surface area (TPSA) is 43.1 Å². The standard InChI is InChI=1S/C2H4FNO.Na.H/c3-1-2(4)5;;/h1H2,(H2,4,5);;. The Morgan fingerprint density at radius 2 is 2.00 bits per heavy atom. The van der Waals surface area contributed by atoms with Crippen LogP contribution in [0.4, 0.5) is 4.39 Å². The van der Waals surface area contributed by atoms with Gasteiger partial charge in [0.05, 0.1) is 0 Å². The number of rotatable bonds is 1. The molecule has 0 atom stereocenters. The molecule has 2 nitrogen and oxygen atoms in total. The molecule has 0 saturated carbocycles. The van der Waals surface area contributed by atoms with Crippen LogP contribution in [0.5, 0.6) is 0 Å². The SMILES string of the molecule is NC(=O)CF.[NaH]. The molecule has 0 aromatic rings. The van der Waals surface area contributed by atoms with E-state index in [2.05, 4.69) is 5.73 Å². The Morgan fingerprint density at radius 1 is 1.83 bits per heavy atom. The zero-order valence-electron chi connectivity index (χ0n) is 2.57. The second kappa shape index (κ2) is 5.40. The summed E-state index contributed by atoms with van der Waals surface area (Å²) in [5.74, 6) is -0.912. The molecule has 0 aromatic heterocycles. The van der Waals surface area contributed by atoms with Gasteiger partial charge < -0.3 is 5.73 Å². The fourth-order valence-corrected chi connectivity index (χ4v) is 0. The van der Waals surface area contributed by atoms with Crippen molar-refractivity contribution >= 4 is 35.5 Å². The van der Waals surface area contributed by atoms with Crippen LogP contribution < -0.4 is 5.73 Å². The number of hydrogen-bond donors (Lipinski definition) is 1. The minimum absolute atomic E-state index is 0. The second-order valence-corrected chi connectivity index (χ2v) is 0.600. The first-order valence-corrected chi connectivity index (χ1v) is 1.11. The predicted molar refractivity (Wildman–Crippen MR) is 22.3 cm³/mol. The molecular formula is C2H5FNNaO. The van der Waals surface area contributed by atoms with E-state index in [1.807, 2.05) is 0 Å². The predicted octanol–water partition coefficient (Wildman–Crippen LogP) is -1.21. The maximum absolute atomic E-state index is 10.6. The molecule has 0 spiro atoms. The van der Waals surface area contributed by atoms with Crippen LogP contribution in [0, 0.1) is 0 Å². The molecule has 1 amide bonds. The van der Waals surface area contributed by atoms with E-state index in [0.717, 1.165) is 0 Å². The van der Waals surface area contributed by atoms with Crippen LogP contribution in [0.15, 0.2) is 0 Å². The van der Waals surface area contributed by atoms with Crippen molar-refractivity contribution in [3.8, 4) is 0 Å². The summed E-state index contributed by atoms with van der Waals surface area (Å²) in [7, 11) is 0. The number of carbonyl (C=O) groups is 1. The van der Waals surface area contributed by atoms with Gasteiger partial charge in [-0.2, -0.15) is 0 Å². The average molecular weight is 101 g/mol. The number of alkyl halides is 1. The van der Waals surface area contributed by atoms with Crippen molar-refractivity contribution in [3.63, 3.8) is 0 Å². The third-order valence-corrected chi connectivity index (χ3v) is 0.132. The Bertz CT molecular complexity index is 48.8. The molecule has 0 saturated heterocycles. The fourth-order valence-electron chi connectivity index (χ4n) is 0. The van der Waals surface area contributed by atoms with Crippen molar-refractivity contribution < 1.29 is 9.18 Å². The Morgan fingerprint density at radius 3 is 2.00 bits per heavy atom. The Labute approximate surface area is 57.2 Å². The van der Waals surface area contributed by atoms with Gasteiger partial charge in [-0.1, -0.05) is 0 Å². The van der Waals surface area contributed by atoms with Gasteiger partial charge in [-0.05, 0) is 0 Å². The quantitative estimate of drug-likeness (QED) is 0.414. The van der Waals surface area contributed by atoms with Gasteiger partial charge in [-0.15, -0.1) is 0 Å². The molecule has 0 bridgehead atoms. The fraction of sp³-hybridized carbons (Fsp3) is 0.500. The number of amides is 1. The number of carbonyl (C=O) groups excluding carboxylic acids is 1. The van der Waals surface area contributed by atoms with Gasteiger partial charge >= 0.3 is 29.6 Å². The summed E-state index contributed by atoms with van der Waals surface area (Å²) in [5.41, 5.74) is 4.28. The zero-order chi connectivity index (χ0) is 4.28. The van der Waals surface area contributed by atoms with Gasteiger partial charge in [-0.25, -0.2) is 4.39 Å². The molecule has 0 aliphatic heterocycles. The Balaban J connectivity index is 0. The summed E-state index contributed by atoms with van der Waals surface area (Å²) in [5, 5.41) is 0. The van der Waals surface area contributed by atoms with Crippen LogP contribution in [0.2, 0.25) is 0 Å². The Hall–Kier alpha value is 0.400. The third-order valence-electron chi connectivity index (χ3n) is 0.132. The van der Waals surface area contributed by atoms with E-state index in [1.165, 1.54) is 0 Å². The molecule has 0 rings (SSSR count). The van der Waals surface area contributed by atoms with Gasteiger partial charge in [0.15, 0.2) is 6.67 Å². The summed E-state index contributed by atoms with van der Waals surface area (Å²) in [6.45, 7) is -1.06. The van der Waals surface area contributed by atoms with Crippen LogP contribution in [-0.4, -0.2) is 42.1 Å². The third kappa shape index (κ3) is 8.83. The van der Waals surface area contributed by atoms with E-state index in [9.17, 15) is 9.18 Å². The number of primary amides is 1. The summed E-state index contributed by atoms with van der Waals surface area (Å²) in [6, 6.07) is 0. The van der Waals surface area contributed by atoms with E-state index in [0.29, 0.717) is 0 Å². The molecule has 32 valence electrons. The molecular weight excluding hydrogens is 96.0 g/mol. The van der Waals surface area contributed by atoms with Crippen molar-refractivity contribution in [3.05, 3.63) is 0 Å². The van der Waals surface area contributed by atoms with E-state index in [4.69, 9.17) is 0 Å². The first-order valence-electron chi connectivity index (χ1n) is 1.11. The second-order valence-electron chi connectivity index (χ2n) is 0.600. The molecule has 0 aliphatic carbocycles. The van der Waals surface area contributed by atoms with E-state index < -0.39 is 12.6 Å². The van der Waals surface area contributed by atoms with E-state index in [1.54, 1.807) is 0 Å². The first-order chi connectivity index (χ1) is 2.27. The van der Waals surface area contributed by atoms with Crippen molar-refractivity contribution in [2.24, 2.45) is 5.73 Å². The van der Waals surface area contributed by atoms with Crippen molar-refractivity contribution in [1.29, 1.82) is 0 Å². The van der Waals surface area contributed by atoms with Crippen molar-refractivity contribution in [2.75, 3.05) is 6.67 Å². The van der Waals surface area contributed by atoms with Crippen molar-refractivity contribution in [1.82, 2.24) is 0 Å². The average Bonchev–Trinajstić information content (AvgIpc) is 1.38. The minimum atomic E-state index is -1.06. The molecule has 0 radical (unpaired) electrons. The summed E-state index contributed by atoms with van der Waals surface area (Å²) >= 11 is 0. The molecule has 6 heavy (non-hydrogen) atoms. The summed E-state index contributed by atoms with van der Waals surface area (Å²) < 4.78 is 10.6. The van der Waals surface area contributed by atoms with Crippen LogP contribution in [0.1, 0.15) is 0 Å². The number of nitrogens with two attached hydrogens (primary N) is 1. The zero-order valence-corrected chi connectivity index (χ0v) is 2.57. The first kappa shape index (κ1) is 9.64. The molecule has 4 heteroatoms. The van der Waals surface area contributed by atoms with Gasteiger partial charge in [0.25, 0.3) is 0 Å². The van der Waals surface area contributed by atoms with Gasteiger partial charge in [0.1, 0.15) is 0 Å². The normalized spacial score (nSPS) is 6.17. The monoisotopic (exact) mass is 101 g/mol. The molecule has 0 fully saturated rings. The van der Waals surface area contributed by atoms with Crippen molar-refractivity contribution in [2.45, 2.75) is 0 Å². The van der Waals surface area contributed by atoms with E-state index >= 15 is 0 Å². The molecule has 0 unspecified atom stereocenters. The van der Waals surface area contributed by atoms with Gasteiger partial charge in [0.2, 0.25) is 5.91 Å². The summed E-state index contributed by atoms with van der Waals surface area (Å²) in [6.07, 6.45) is 0. The molecule has 0 aromatic carbocycles.